The minimum absolute atomic E-state index is 0.0389. The first-order chi connectivity index (χ1) is 19.1. The Kier molecular flexibility index (Phi) is 6.12. The summed E-state index contributed by atoms with van der Waals surface area (Å²) in [6, 6.07) is 19.7. The van der Waals surface area contributed by atoms with Crippen molar-refractivity contribution in [2.75, 3.05) is 13.1 Å². The Hall–Kier alpha value is -4.03. The van der Waals surface area contributed by atoms with Crippen molar-refractivity contribution in [2.45, 2.75) is 43.7 Å². The topological polar surface area (TPSA) is 61.0 Å². The number of halogens is 1. The monoisotopic (exact) mass is 518 g/mol. The van der Waals surface area contributed by atoms with Crippen molar-refractivity contribution >= 4 is 11.5 Å². The van der Waals surface area contributed by atoms with Crippen molar-refractivity contribution in [2.24, 2.45) is 0 Å². The van der Waals surface area contributed by atoms with E-state index in [2.05, 4.69) is 44.6 Å². The summed E-state index contributed by atoms with van der Waals surface area (Å²) in [7, 11) is 0. The summed E-state index contributed by atoms with van der Waals surface area (Å²) in [5.74, 6) is 0.252. The summed E-state index contributed by atoms with van der Waals surface area (Å²) < 4.78 is 13.7. The van der Waals surface area contributed by atoms with Crippen LogP contribution in [0.15, 0.2) is 85.3 Å². The fraction of sp³-hybridized carbons (Fsp3) is 0.273. The number of hydrogen-bond donors (Lipinski definition) is 2. The van der Waals surface area contributed by atoms with Crippen molar-refractivity contribution in [3.63, 3.8) is 0 Å². The maximum Gasteiger partial charge on any atom is 0.251 e. The van der Waals surface area contributed by atoms with Gasteiger partial charge in [0, 0.05) is 60.5 Å². The molecule has 0 radical (unpaired) electrons. The smallest absolute Gasteiger partial charge is 0.251 e. The van der Waals surface area contributed by atoms with Gasteiger partial charge in [0.25, 0.3) is 5.91 Å². The summed E-state index contributed by atoms with van der Waals surface area (Å²) in [4.78, 5) is 22.7. The molecular formula is C33H31FN4O. The van der Waals surface area contributed by atoms with Crippen molar-refractivity contribution in [3.05, 3.63) is 108 Å². The largest absolute Gasteiger partial charge is 0.360 e. The summed E-state index contributed by atoms with van der Waals surface area (Å²) in [6.45, 7) is 2.05. The fourth-order valence-electron chi connectivity index (χ4n) is 6.15. The molecule has 0 spiro atoms. The molecule has 2 fully saturated rings. The summed E-state index contributed by atoms with van der Waals surface area (Å²) in [5.41, 5.74) is 8.79. The second-order valence-corrected chi connectivity index (χ2v) is 11.0. The molecule has 0 bridgehead atoms. The maximum atomic E-state index is 13.7. The Bertz CT molecular complexity index is 1520. The summed E-state index contributed by atoms with van der Waals surface area (Å²) >= 11 is 0. The average Bonchev–Trinajstić information content (AvgIpc) is 3.51. The molecule has 2 aliphatic heterocycles. The third kappa shape index (κ3) is 4.81. The van der Waals surface area contributed by atoms with Crippen LogP contribution in [0, 0.1) is 5.82 Å². The number of nitrogens with one attached hydrogen (secondary N) is 2. The standard InChI is InChI=1S/C33H31FN4O/c34-27-7-5-23(6-8-27)32-31(22-11-14-35-15-12-22)30(19-36-32)25-13-16-38-20-26(18-29(38)17-25)21-1-3-24(4-2-21)33(39)37-28-9-10-28/h1-8,11-12,14-15,17,19,26,28-29,36H,9-10,13,16,18,20H2,(H,37,39). The number of rotatable bonds is 6. The van der Waals surface area contributed by atoms with E-state index in [0.29, 0.717) is 18.0 Å². The molecule has 2 unspecified atom stereocenters. The summed E-state index contributed by atoms with van der Waals surface area (Å²) in [5, 5.41) is 3.07. The second-order valence-electron chi connectivity index (χ2n) is 11.0. The van der Waals surface area contributed by atoms with E-state index in [0.717, 1.165) is 66.7 Å². The number of hydrogen-bond acceptors (Lipinski definition) is 3. The molecule has 3 aliphatic rings. The zero-order valence-corrected chi connectivity index (χ0v) is 21.7. The molecular weight excluding hydrogens is 487 g/mol. The summed E-state index contributed by atoms with van der Waals surface area (Å²) in [6.07, 6.45) is 12.4. The van der Waals surface area contributed by atoms with Crippen LogP contribution in [-0.4, -0.2) is 45.9 Å². The van der Waals surface area contributed by atoms with Gasteiger partial charge >= 0.3 is 0 Å². The molecule has 7 rings (SSSR count). The van der Waals surface area contributed by atoms with Crippen molar-refractivity contribution in [3.8, 4) is 22.4 Å². The molecule has 1 amide bonds. The van der Waals surface area contributed by atoms with E-state index in [1.54, 1.807) is 0 Å². The number of H-pyrrole nitrogens is 1. The first kappa shape index (κ1) is 24.0. The highest BCUT2D eigenvalue weighted by molar-refractivity contribution is 5.94. The van der Waals surface area contributed by atoms with Gasteiger partial charge in [-0.15, -0.1) is 0 Å². The molecule has 2 atom stereocenters. The van der Waals surface area contributed by atoms with Crippen LogP contribution in [0.5, 0.6) is 0 Å². The lowest BCUT2D eigenvalue weighted by Crippen LogP contribution is -2.32. The zero-order valence-electron chi connectivity index (χ0n) is 21.7. The highest BCUT2D eigenvalue weighted by Gasteiger charge is 2.35. The van der Waals surface area contributed by atoms with Gasteiger partial charge < -0.3 is 10.3 Å². The van der Waals surface area contributed by atoms with Crippen molar-refractivity contribution in [1.82, 2.24) is 20.2 Å². The number of fused-ring (bicyclic) bond motifs is 1. The van der Waals surface area contributed by atoms with Crippen molar-refractivity contribution in [1.29, 1.82) is 0 Å². The van der Waals surface area contributed by atoms with Gasteiger partial charge in [0.15, 0.2) is 0 Å². The van der Waals surface area contributed by atoms with E-state index in [1.165, 1.54) is 28.8 Å². The molecule has 6 heteroatoms. The van der Waals surface area contributed by atoms with Crippen molar-refractivity contribution < 1.29 is 9.18 Å². The van der Waals surface area contributed by atoms with E-state index in [1.807, 2.05) is 48.8 Å². The van der Waals surface area contributed by atoms with Crippen LogP contribution in [0.4, 0.5) is 4.39 Å². The first-order valence-corrected chi connectivity index (χ1v) is 13.9. The van der Waals surface area contributed by atoms with Crippen LogP contribution in [0.3, 0.4) is 0 Å². The molecule has 2 aromatic heterocycles. The highest BCUT2D eigenvalue weighted by Crippen LogP contribution is 2.42. The number of aromatic amines is 1. The van der Waals surface area contributed by atoms with E-state index < -0.39 is 0 Å². The van der Waals surface area contributed by atoms with Crippen LogP contribution >= 0.6 is 0 Å². The Labute approximate surface area is 227 Å². The third-order valence-corrected chi connectivity index (χ3v) is 8.40. The minimum Gasteiger partial charge on any atom is -0.360 e. The van der Waals surface area contributed by atoms with Gasteiger partial charge in [-0.3, -0.25) is 14.7 Å². The highest BCUT2D eigenvalue weighted by atomic mass is 19.1. The molecule has 4 heterocycles. The Balaban J connectivity index is 1.15. The lowest BCUT2D eigenvalue weighted by molar-refractivity contribution is 0.0951. The Morgan fingerprint density at radius 1 is 0.974 bits per heavy atom. The predicted molar refractivity (Wildman–Crippen MR) is 152 cm³/mol. The molecule has 2 aromatic carbocycles. The number of amides is 1. The fourth-order valence-corrected chi connectivity index (χ4v) is 6.15. The Morgan fingerprint density at radius 3 is 2.49 bits per heavy atom. The molecule has 1 saturated heterocycles. The molecule has 4 aromatic rings. The normalized spacial score (nSPS) is 20.9. The number of benzene rings is 2. The molecule has 2 N–H and O–H groups in total. The number of pyridine rings is 1. The van der Waals surface area contributed by atoms with E-state index in [9.17, 15) is 9.18 Å². The van der Waals surface area contributed by atoms with Crippen LogP contribution in [0.1, 0.15) is 53.1 Å². The quantitative estimate of drug-likeness (QED) is 0.310. The predicted octanol–water partition coefficient (Wildman–Crippen LogP) is 6.42. The lowest BCUT2D eigenvalue weighted by atomic mass is 9.90. The number of aromatic nitrogens is 2. The van der Waals surface area contributed by atoms with Gasteiger partial charge in [-0.25, -0.2) is 4.39 Å². The van der Waals surface area contributed by atoms with Crippen LogP contribution < -0.4 is 5.32 Å². The van der Waals surface area contributed by atoms with Gasteiger partial charge in [0.1, 0.15) is 5.82 Å². The third-order valence-electron chi connectivity index (χ3n) is 8.40. The van der Waals surface area contributed by atoms with Crippen LogP contribution in [0.25, 0.3) is 28.0 Å². The van der Waals surface area contributed by atoms with E-state index in [-0.39, 0.29) is 11.7 Å². The molecule has 196 valence electrons. The Morgan fingerprint density at radius 2 is 1.74 bits per heavy atom. The molecule has 5 nitrogen and oxygen atoms in total. The second kappa shape index (κ2) is 9.93. The first-order valence-electron chi connectivity index (χ1n) is 13.9. The average molecular weight is 519 g/mol. The van der Waals surface area contributed by atoms with Crippen LogP contribution in [0.2, 0.25) is 0 Å². The SMILES string of the molecule is O=C(NC1CC1)c1ccc(C2CC3C=C(c4c[nH]c(-c5ccc(F)cc5)c4-c4ccncc4)CCN3C2)cc1. The van der Waals surface area contributed by atoms with E-state index >= 15 is 0 Å². The van der Waals surface area contributed by atoms with Gasteiger partial charge in [0.2, 0.25) is 0 Å². The molecule has 1 aliphatic carbocycles. The zero-order chi connectivity index (χ0) is 26.3. The number of nitrogens with zero attached hydrogens (tertiary/aromatic N) is 2. The maximum absolute atomic E-state index is 13.7. The number of carbonyl (C=O) groups is 1. The van der Waals surface area contributed by atoms with Gasteiger partial charge in [0.05, 0.1) is 5.69 Å². The van der Waals surface area contributed by atoms with Gasteiger partial charge in [-0.2, -0.15) is 0 Å². The van der Waals surface area contributed by atoms with E-state index in [4.69, 9.17) is 0 Å². The van der Waals surface area contributed by atoms with Crippen LogP contribution in [-0.2, 0) is 0 Å². The molecule has 1 saturated carbocycles. The number of carbonyl (C=O) groups excluding carboxylic acids is 1. The molecule has 39 heavy (non-hydrogen) atoms. The van der Waals surface area contributed by atoms with Gasteiger partial charge in [-0.1, -0.05) is 18.2 Å². The van der Waals surface area contributed by atoms with Gasteiger partial charge in [-0.05, 0) is 102 Å². The lowest BCUT2D eigenvalue weighted by Gasteiger charge is -2.28. The minimum atomic E-state index is -0.238.